The van der Waals surface area contributed by atoms with E-state index >= 15 is 0 Å². The number of piperidine rings is 1. The fourth-order valence-electron chi connectivity index (χ4n) is 2.66. The van der Waals surface area contributed by atoms with Crippen molar-refractivity contribution in [2.75, 3.05) is 13.1 Å². The minimum Gasteiger partial charge on any atom is -0.481 e. The normalized spacial score (nSPS) is 15.5. The van der Waals surface area contributed by atoms with Crippen LogP contribution in [0.25, 0.3) is 0 Å². The topological polar surface area (TPSA) is 81.4 Å². The number of carboxylic acids is 1. The van der Waals surface area contributed by atoms with Crippen LogP contribution in [0.2, 0.25) is 0 Å². The molecule has 0 spiro atoms. The van der Waals surface area contributed by atoms with E-state index in [-0.39, 0.29) is 12.3 Å². The predicted molar refractivity (Wildman–Crippen MR) is 76.7 cm³/mol. The first kappa shape index (κ1) is 15.0. The smallest absolute Gasteiger partial charge is 0.303 e. The molecule has 0 aromatic heterocycles. The Balaban J connectivity index is 1.91. The molecule has 1 fully saturated rings. The van der Waals surface area contributed by atoms with Gasteiger partial charge in [0.1, 0.15) is 0 Å². The van der Waals surface area contributed by atoms with Crippen LogP contribution in [0.1, 0.15) is 41.6 Å². The van der Waals surface area contributed by atoms with Gasteiger partial charge in [0.25, 0.3) is 5.91 Å². The highest BCUT2D eigenvalue weighted by Crippen LogP contribution is 2.23. The summed E-state index contributed by atoms with van der Waals surface area (Å²) in [4.78, 5) is 24.7. The van der Waals surface area contributed by atoms with E-state index in [2.05, 4.69) is 0 Å². The number of aliphatic carboxylic acids is 1. The molecule has 21 heavy (non-hydrogen) atoms. The third-order valence-electron chi connectivity index (χ3n) is 3.91. The number of amides is 1. The Bertz CT molecular complexity index is 569. The Labute approximate surface area is 123 Å². The molecule has 2 rings (SSSR count). The molecule has 1 aliphatic heterocycles. The first-order valence-electron chi connectivity index (χ1n) is 7.11. The Morgan fingerprint density at radius 1 is 1.33 bits per heavy atom. The summed E-state index contributed by atoms with van der Waals surface area (Å²) < 4.78 is 0. The molecule has 1 aromatic rings. The number of carbonyl (C=O) groups excluding carboxylic acids is 1. The van der Waals surface area contributed by atoms with E-state index in [1.165, 1.54) is 0 Å². The molecule has 0 atom stereocenters. The van der Waals surface area contributed by atoms with E-state index in [4.69, 9.17) is 10.4 Å². The van der Waals surface area contributed by atoms with E-state index in [1.54, 1.807) is 29.2 Å². The van der Waals surface area contributed by atoms with Crippen LogP contribution in [-0.4, -0.2) is 35.0 Å². The number of hydrogen-bond acceptors (Lipinski definition) is 3. The van der Waals surface area contributed by atoms with E-state index in [0.29, 0.717) is 36.6 Å². The molecule has 0 aliphatic carbocycles. The van der Waals surface area contributed by atoms with Crippen LogP contribution < -0.4 is 0 Å². The quantitative estimate of drug-likeness (QED) is 0.920. The van der Waals surface area contributed by atoms with Gasteiger partial charge in [-0.15, -0.1) is 0 Å². The van der Waals surface area contributed by atoms with Crippen LogP contribution in [0, 0.1) is 17.2 Å². The van der Waals surface area contributed by atoms with Gasteiger partial charge in [0.15, 0.2) is 0 Å². The Morgan fingerprint density at radius 2 is 2.05 bits per heavy atom. The lowest BCUT2D eigenvalue weighted by Crippen LogP contribution is -2.38. The van der Waals surface area contributed by atoms with Crippen molar-refractivity contribution in [2.45, 2.75) is 25.7 Å². The SMILES string of the molecule is N#Cc1cccc(C(=O)N2CCC(CCC(=O)O)CC2)c1. The fourth-order valence-corrected chi connectivity index (χ4v) is 2.66. The maximum atomic E-state index is 12.4. The zero-order valence-electron chi connectivity index (χ0n) is 11.8. The number of likely N-dealkylation sites (tertiary alicyclic amines) is 1. The number of nitriles is 1. The van der Waals surface area contributed by atoms with Crippen molar-refractivity contribution in [3.63, 3.8) is 0 Å². The summed E-state index contributed by atoms with van der Waals surface area (Å²) >= 11 is 0. The van der Waals surface area contributed by atoms with Crippen LogP contribution >= 0.6 is 0 Å². The molecule has 5 nitrogen and oxygen atoms in total. The number of carbonyl (C=O) groups is 2. The summed E-state index contributed by atoms with van der Waals surface area (Å²) in [6.45, 7) is 1.31. The second kappa shape index (κ2) is 6.89. The summed E-state index contributed by atoms with van der Waals surface area (Å²) in [5.74, 6) is -0.429. The molecule has 1 amide bonds. The van der Waals surface area contributed by atoms with Gasteiger partial charge in [-0.1, -0.05) is 6.07 Å². The molecule has 1 aromatic carbocycles. The van der Waals surface area contributed by atoms with E-state index in [0.717, 1.165) is 12.8 Å². The van der Waals surface area contributed by atoms with E-state index in [1.807, 2.05) is 6.07 Å². The van der Waals surface area contributed by atoms with Crippen molar-refractivity contribution >= 4 is 11.9 Å². The predicted octanol–water partition coefficient (Wildman–Crippen LogP) is 2.28. The molecular formula is C16H18N2O3. The molecule has 1 N–H and O–H groups in total. The zero-order valence-corrected chi connectivity index (χ0v) is 11.8. The number of nitrogens with zero attached hydrogens (tertiary/aromatic N) is 2. The van der Waals surface area contributed by atoms with Gasteiger partial charge in [0.05, 0.1) is 11.6 Å². The monoisotopic (exact) mass is 286 g/mol. The average Bonchev–Trinajstić information content (AvgIpc) is 2.52. The highest BCUT2D eigenvalue weighted by Gasteiger charge is 2.24. The van der Waals surface area contributed by atoms with Crippen molar-refractivity contribution < 1.29 is 14.7 Å². The fraction of sp³-hybridized carbons (Fsp3) is 0.438. The molecule has 1 aliphatic rings. The lowest BCUT2D eigenvalue weighted by atomic mass is 9.92. The van der Waals surface area contributed by atoms with E-state index in [9.17, 15) is 9.59 Å². The van der Waals surface area contributed by atoms with Gasteiger partial charge in [0, 0.05) is 25.1 Å². The third-order valence-corrected chi connectivity index (χ3v) is 3.91. The molecule has 0 saturated carbocycles. The summed E-state index contributed by atoms with van der Waals surface area (Å²) in [5, 5.41) is 17.6. The number of rotatable bonds is 4. The molecule has 1 heterocycles. The standard InChI is InChI=1S/C16H18N2O3/c17-11-13-2-1-3-14(10-13)16(21)18-8-6-12(7-9-18)4-5-15(19)20/h1-3,10,12H,4-9H2,(H,19,20). The molecule has 0 bridgehead atoms. The van der Waals surface area contributed by atoms with Gasteiger partial charge in [0.2, 0.25) is 0 Å². The minimum atomic E-state index is -0.762. The van der Waals surface area contributed by atoms with Crippen molar-refractivity contribution in [1.82, 2.24) is 4.90 Å². The number of benzene rings is 1. The van der Waals surface area contributed by atoms with Crippen LogP contribution in [0.5, 0.6) is 0 Å². The van der Waals surface area contributed by atoms with Crippen LogP contribution in [0.3, 0.4) is 0 Å². The molecule has 0 unspecified atom stereocenters. The third kappa shape index (κ3) is 4.06. The highest BCUT2D eigenvalue weighted by molar-refractivity contribution is 5.94. The summed E-state index contributed by atoms with van der Waals surface area (Å²) in [5.41, 5.74) is 1.02. The second-order valence-corrected chi connectivity index (χ2v) is 5.36. The molecule has 110 valence electrons. The Kier molecular flexibility index (Phi) is 4.94. The van der Waals surface area contributed by atoms with Gasteiger partial charge in [-0.3, -0.25) is 9.59 Å². The van der Waals surface area contributed by atoms with Crippen molar-refractivity contribution in [3.8, 4) is 6.07 Å². The summed E-state index contributed by atoms with van der Waals surface area (Å²) in [6.07, 6.45) is 2.57. The van der Waals surface area contributed by atoms with Gasteiger partial charge < -0.3 is 10.0 Å². The van der Waals surface area contributed by atoms with Crippen molar-refractivity contribution in [2.24, 2.45) is 5.92 Å². The van der Waals surface area contributed by atoms with Crippen molar-refractivity contribution in [3.05, 3.63) is 35.4 Å². The number of carboxylic acid groups (broad SMARTS) is 1. The molecule has 1 saturated heterocycles. The van der Waals surface area contributed by atoms with Gasteiger partial charge >= 0.3 is 5.97 Å². The molecular weight excluding hydrogens is 268 g/mol. The maximum Gasteiger partial charge on any atom is 0.303 e. The zero-order chi connectivity index (χ0) is 15.2. The largest absolute Gasteiger partial charge is 0.481 e. The first-order chi connectivity index (χ1) is 10.1. The first-order valence-corrected chi connectivity index (χ1v) is 7.11. The summed E-state index contributed by atoms with van der Waals surface area (Å²) in [7, 11) is 0. The Morgan fingerprint density at radius 3 is 2.67 bits per heavy atom. The minimum absolute atomic E-state index is 0.0521. The van der Waals surface area contributed by atoms with Crippen LogP contribution in [0.4, 0.5) is 0 Å². The lowest BCUT2D eigenvalue weighted by molar-refractivity contribution is -0.137. The van der Waals surface area contributed by atoms with Crippen LogP contribution in [0.15, 0.2) is 24.3 Å². The van der Waals surface area contributed by atoms with Crippen molar-refractivity contribution in [1.29, 1.82) is 5.26 Å². The van der Waals surface area contributed by atoms with Crippen LogP contribution in [-0.2, 0) is 4.79 Å². The number of hydrogen-bond donors (Lipinski definition) is 1. The van der Waals surface area contributed by atoms with Gasteiger partial charge in [-0.05, 0) is 43.4 Å². The Hall–Kier alpha value is -2.35. The van der Waals surface area contributed by atoms with Gasteiger partial charge in [-0.25, -0.2) is 0 Å². The second-order valence-electron chi connectivity index (χ2n) is 5.36. The van der Waals surface area contributed by atoms with E-state index < -0.39 is 5.97 Å². The van der Waals surface area contributed by atoms with Gasteiger partial charge in [-0.2, -0.15) is 5.26 Å². The average molecular weight is 286 g/mol. The maximum absolute atomic E-state index is 12.4. The molecule has 0 radical (unpaired) electrons. The summed E-state index contributed by atoms with van der Waals surface area (Å²) in [6, 6.07) is 8.75. The highest BCUT2D eigenvalue weighted by atomic mass is 16.4. The lowest BCUT2D eigenvalue weighted by Gasteiger charge is -2.32. The molecule has 5 heteroatoms.